The Morgan fingerprint density at radius 2 is 1.76 bits per heavy atom. The van der Waals surface area contributed by atoms with E-state index in [2.05, 4.69) is 20.8 Å². The summed E-state index contributed by atoms with van der Waals surface area (Å²) in [6.45, 7) is 10.4. The van der Waals surface area contributed by atoms with Crippen LogP contribution in [-0.2, 0) is 10.2 Å². The average molecular weight is 234 g/mol. The third-order valence-corrected chi connectivity index (χ3v) is 2.87. The molecule has 0 radical (unpaired) electrons. The second-order valence-electron chi connectivity index (χ2n) is 5.45. The molecule has 0 aliphatic rings. The number of carbonyl (C=O) groups is 1. The average Bonchev–Trinajstić information content (AvgIpc) is 2.27. The highest BCUT2D eigenvalue weighted by molar-refractivity contribution is 5.89. The van der Waals surface area contributed by atoms with Gasteiger partial charge >= 0.3 is 5.97 Å². The molecule has 2 heteroatoms. The molecule has 0 fully saturated rings. The molecule has 0 saturated carbocycles. The van der Waals surface area contributed by atoms with Gasteiger partial charge in [-0.1, -0.05) is 39.8 Å². The highest BCUT2D eigenvalue weighted by Crippen LogP contribution is 2.22. The van der Waals surface area contributed by atoms with Crippen LogP contribution in [0.3, 0.4) is 0 Å². The Morgan fingerprint density at radius 3 is 2.18 bits per heavy atom. The number of carbonyl (C=O) groups excluding carboxylic acids is 1. The van der Waals surface area contributed by atoms with E-state index in [1.165, 1.54) is 5.56 Å². The third-order valence-electron chi connectivity index (χ3n) is 2.87. The van der Waals surface area contributed by atoms with E-state index in [9.17, 15) is 4.79 Å². The molecule has 0 aliphatic heterocycles. The van der Waals surface area contributed by atoms with Gasteiger partial charge in [-0.25, -0.2) is 4.79 Å². The Hall–Kier alpha value is -1.31. The Labute approximate surface area is 104 Å². The second kappa shape index (κ2) is 5.35. The van der Waals surface area contributed by atoms with Crippen molar-refractivity contribution in [3.8, 4) is 0 Å². The summed E-state index contributed by atoms with van der Waals surface area (Å²) in [6.07, 6.45) is 0.816. The molecule has 1 aromatic carbocycles. The molecule has 1 aromatic rings. The zero-order chi connectivity index (χ0) is 13.1. The molecule has 17 heavy (non-hydrogen) atoms. The van der Waals surface area contributed by atoms with Crippen molar-refractivity contribution in [2.75, 3.05) is 0 Å². The normalized spacial score (nSPS) is 13.2. The van der Waals surface area contributed by atoms with E-state index in [0.29, 0.717) is 5.56 Å². The minimum Gasteiger partial charge on any atom is -0.459 e. The van der Waals surface area contributed by atoms with Gasteiger partial charge in [0, 0.05) is 0 Å². The Kier molecular flexibility index (Phi) is 4.33. The second-order valence-corrected chi connectivity index (χ2v) is 5.45. The number of hydrogen-bond acceptors (Lipinski definition) is 2. The van der Waals surface area contributed by atoms with E-state index in [-0.39, 0.29) is 17.5 Å². The summed E-state index contributed by atoms with van der Waals surface area (Å²) in [6, 6.07) is 7.66. The van der Waals surface area contributed by atoms with Gasteiger partial charge in [0.1, 0.15) is 0 Å². The Morgan fingerprint density at radius 1 is 1.24 bits per heavy atom. The fraction of sp³-hybridized carbons (Fsp3) is 0.533. The highest BCUT2D eigenvalue weighted by atomic mass is 16.5. The molecule has 1 atom stereocenters. The molecular weight excluding hydrogens is 212 g/mol. The lowest BCUT2D eigenvalue weighted by molar-refractivity contribution is 0.0334. The maximum absolute atomic E-state index is 11.8. The van der Waals surface area contributed by atoms with Gasteiger partial charge in [-0.2, -0.15) is 0 Å². The minimum atomic E-state index is -0.236. The Balaban J connectivity index is 2.78. The molecule has 0 aromatic heterocycles. The molecule has 0 N–H and O–H groups in total. The van der Waals surface area contributed by atoms with Crippen LogP contribution in [0, 0.1) is 0 Å². The number of hydrogen-bond donors (Lipinski definition) is 0. The van der Waals surface area contributed by atoms with Crippen molar-refractivity contribution < 1.29 is 9.53 Å². The first-order valence-corrected chi connectivity index (χ1v) is 6.16. The fourth-order valence-corrected chi connectivity index (χ4v) is 1.44. The molecule has 0 unspecified atom stereocenters. The minimum absolute atomic E-state index is 0.0233. The Bertz CT molecular complexity index is 371. The molecule has 94 valence electrons. The number of ether oxygens (including phenoxy) is 1. The first-order valence-electron chi connectivity index (χ1n) is 6.16. The van der Waals surface area contributed by atoms with Crippen molar-refractivity contribution in [3.63, 3.8) is 0 Å². The molecule has 0 heterocycles. The monoisotopic (exact) mass is 234 g/mol. The molecule has 1 rings (SSSR count). The number of rotatable bonds is 3. The molecule has 0 amide bonds. The smallest absolute Gasteiger partial charge is 0.338 e. The number of esters is 1. The van der Waals surface area contributed by atoms with E-state index < -0.39 is 0 Å². The van der Waals surface area contributed by atoms with Gasteiger partial charge in [-0.05, 0) is 36.5 Å². The van der Waals surface area contributed by atoms with Gasteiger partial charge in [-0.3, -0.25) is 0 Å². The molecule has 0 aliphatic carbocycles. The molecule has 0 saturated heterocycles. The highest BCUT2D eigenvalue weighted by Gasteiger charge is 2.15. The zero-order valence-corrected chi connectivity index (χ0v) is 11.4. The zero-order valence-electron chi connectivity index (χ0n) is 11.4. The van der Waals surface area contributed by atoms with Gasteiger partial charge < -0.3 is 4.74 Å². The van der Waals surface area contributed by atoms with Gasteiger partial charge in [0.25, 0.3) is 0 Å². The molecule has 2 nitrogen and oxygen atoms in total. The largest absolute Gasteiger partial charge is 0.459 e. The summed E-state index contributed by atoms with van der Waals surface area (Å²) in [5.74, 6) is -0.236. The van der Waals surface area contributed by atoms with Crippen LogP contribution in [0.25, 0.3) is 0 Å². The van der Waals surface area contributed by atoms with Crippen LogP contribution in [0.5, 0.6) is 0 Å². The van der Waals surface area contributed by atoms with Crippen LogP contribution in [0.4, 0.5) is 0 Å². The lowest BCUT2D eigenvalue weighted by Crippen LogP contribution is -2.15. The van der Waals surface area contributed by atoms with Gasteiger partial charge in [0.05, 0.1) is 11.7 Å². The first kappa shape index (κ1) is 13.8. The predicted molar refractivity (Wildman–Crippen MR) is 70.3 cm³/mol. The van der Waals surface area contributed by atoms with Crippen LogP contribution < -0.4 is 0 Å². The van der Waals surface area contributed by atoms with Gasteiger partial charge in [-0.15, -0.1) is 0 Å². The maximum atomic E-state index is 11.8. The summed E-state index contributed by atoms with van der Waals surface area (Å²) < 4.78 is 5.27. The quantitative estimate of drug-likeness (QED) is 0.740. The first-order chi connectivity index (χ1) is 7.84. The van der Waals surface area contributed by atoms with Crippen molar-refractivity contribution in [1.82, 2.24) is 0 Å². The summed E-state index contributed by atoms with van der Waals surface area (Å²) in [7, 11) is 0. The molecule has 0 spiro atoms. The van der Waals surface area contributed by atoms with Crippen LogP contribution >= 0.6 is 0 Å². The number of benzene rings is 1. The topological polar surface area (TPSA) is 26.3 Å². The molecule has 0 bridgehead atoms. The summed E-state index contributed by atoms with van der Waals surface area (Å²) in [4.78, 5) is 11.8. The van der Waals surface area contributed by atoms with Crippen molar-refractivity contribution >= 4 is 5.97 Å². The van der Waals surface area contributed by atoms with E-state index in [1.807, 2.05) is 38.1 Å². The van der Waals surface area contributed by atoms with Crippen LogP contribution in [0.1, 0.15) is 57.0 Å². The summed E-state index contributed by atoms with van der Waals surface area (Å²) >= 11 is 0. The van der Waals surface area contributed by atoms with Crippen molar-refractivity contribution in [3.05, 3.63) is 35.4 Å². The SMILES string of the molecule is CC[C@@H](C)OC(=O)c1ccc(C(C)(C)C)cc1. The third kappa shape index (κ3) is 3.88. The van der Waals surface area contributed by atoms with Crippen LogP contribution in [-0.4, -0.2) is 12.1 Å². The van der Waals surface area contributed by atoms with E-state index in [4.69, 9.17) is 4.74 Å². The summed E-state index contributed by atoms with van der Waals surface area (Å²) in [5.41, 5.74) is 1.95. The lowest BCUT2D eigenvalue weighted by atomic mass is 9.87. The fourth-order valence-electron chi connectivity index (χ4n) is 1.44. The maximum Gasteiger partial charge on any atom is 0.338 e. The van der Waals surface area contributed by atoms with Crippen molar-refractivity contribution in [1.29, 1.82) is 0 Å². The van der Waals surface area contributed by atoms with Gasteiger partial charge in [0.2, 0.25) is 0 Å². The molecular formula is C15H22O2. The predicted octanol–water partition coefficient (Wildman–Crippen LogP) is 3.94. The van der Waals surface area contributed by atoms with Crippen LogP contribution in [0.15, 0.2) is 24.3 Å². The van der Waals surface area contributed by atoms with E-state index in [1.54, 1.807) is 0 Å². The van der Waals surface area contributed by atoms with Crippen molar-refractivity contribution in [2.45, 2.75) is 52.6 Å². The lowest BCUT2D eigenvalue weighted by Gasteiger charge is -2.19. The standard InChI is InChI=1S/C15H22O2/c1-6-11(2)17-14(16)12-7-9-13(10-8-12)15(3,4)5/h7-11H,6H2,1-5H3/t11-/m1/s1. The van der Waals surface area contributed by atoms with Gasteiger partial charge in [0.15, 0.2) is 0 Å². The summed E-state index contributed by atoms with van der Waals surface area (Å²) in [5, 5.41) is 0. The van der Waals surface area contributed by atoms with E-state index >= 15 is 0 Å². The van der Waals surface area contributed by atoms with Crippen molar-refractivity contribution in [2.24, 2.45) is 0 Å². The van der Waals surface area contributed by atoms with E-state index in [0.717, 1.165) is 6.42 Å². The van der Waals surface area contributed by atoms with Crippen LogP contribution in [0.2, 0.25) is 0 Å².